The van der Waals surface area contributed by atoms with Crippen molar-refractivity contribution in [3.05, 3.63) is 80.7 Å². The van der Waals surface area contributed by atoms with Gasteiger partial charge in [-0.25, -0.2) is 0 Å². The summed E-state index contributed by atoms with van der Waals surface area (Å²) >= 11 is 5.96. The number of carbonyl (C=O) groups excluding carboxylic acids is 1. The molecule has 0 fully saturated rings. The van der Waals surface area contributed by atoms with Crippen LogP contribution in [0.5, 0.6) is 0 Å². The summed E-state index contributed by atoms with van der Waals surface area (Å²) in [6, 6.07) is 12.8. The molecule has 6 nitrogen and oxygen atoms in total. The topological polar surface area (TPSA) is 87.8 Å². The molecule has 2 heterocycles. The third-order valence-electron chi connectivity index (χ3n) is 4.63. The van der Waals surface area contributed by atoms with E-state index in [9.17, 15) is 14.4 Å². The summed E-state index contributed by atoms with van der Waals surface area (Å²) < 4.78 is 5.75. The highest BCUT2D eigenvalue weighted by atomic mass is 35.5. The Morgan fingerprint density at radius 2 is 1.81 bits per heavy atom. The van der Waals surface area contributed by atoms with Gasteiger partial charge in [0.1, 0.15) is 5.58 Å². The lowest BCUT2D eigenvalue weighted by Gasteiger charge is -2.24. The van der Waals surface area contributed by atoms with Gasteiger partial charge < -0.3 is 14.4 Å². The van der Waals surface area contributed by atoms with Crippen LogP contribution in [0.25, 0.3) is 11.0 Å². The highest BCUT2D eigenvalue weighted by Gasteiger charge is 2.42. The molecule has 1 amide bonds. The first kappa shape index (κ1) is 17.3. The van der Waals surface area contributed by atoms with Crippen molar-refractivity contribution in [3.8, 4) is 0 Å². The van der Waals surface area contributed by atoms with E-state index < -0.39 is 17.9 Å². The van der Waals surface area contributed by atoms with Crippen LogP contribution in [0.3, 0.4) is 0 Å². The van der Waals surface area contributed by atoms with E-state index in [0.717, 1.165) is 0 Å². The van der Waals surface area contributed by atoms with Crippen molar-refractivity contribution in [2.24, 2.45) is 0 Å². The number of carboxylic acid groups (broad SMARTS) is 1. The van der Waals surface area contributed by atoms with Crippen LogP contribution in [-0.2, 0) is 4.79 Å². The fourth-order valence-electron chi connectivity index (χ4n) is 3.41. The zero-order valence-corrected chi connectivity index (χ0v) is 14.8. The molecular weight excluding hydrogens is 370 g/mol. The molecule has 3 aromatic rings. The van der Waals surface area contributed by atoms with Crippen molar-refractivity contribution in [3.63, 3.8) is 0 Å². The van der Waals surface area contributed by atoms with E-state index in [0.29, 0.717) is 21.6 Å². The molecule has 27 heavy (non-hydrogen) atoms. The van der Waals surface area contributed by atoms with Gasteiger partial charge in [0.05, 0.1) is 23.4 Å². The molecule has 0 spiro atoms. The SMILES string of the molecule is O=C(O)CCN1C(=O)c2oc3ccccc3c(=O)c2[C@H]1c1ccc(Cl)cc1. The van der Waals surface area contributed by atoms with Gasteiger partial charge in [-0.15, -0.1) is 0 Å². The van der Waals surface area contributed by atoms with Crippen LogP contribution < -0.4 is 5.43 Å². The van der Waals surface area contributed by atoms with E-state index in [4.69, 9.17) is 21.1 Å². The third kappa shape index (κ3) is 2.88. The summed E-state index contributed by atoms with van der Waals surface area (Å²) in [6.07, 6.45) is -0.239. The molecule has 4 rings (SSSR count). The van der Waals surface area contributed by atoms with Gasteiger partial charge in [-0.3, -0.25) is 14.4 Å². The van der Waals surface area contributed by atoms with Crippen molar-refractivity contribution >= 4 is 34.4 Å². The van der Waals surface area contributed by atoms with Crippen LogP contribution in [0, 0.1) is 0 Å². The number of halogens is 1. The summed E-state index contributed by atoms with van der Waals surface area (Å²) in [5, 5.41) is 9.94. The van der Waals surface area contributed by atoms with Gasteiger partial charge >= 0.3 is 5.97 Å². The second-order valence-corrected chi connectivity index (χ2v) is 6.70. The van der Waals surface area contributed by atoms with Crippen LogP contribution in [0.4, 0.5) is 0 Å². The summed E-state index contributed by atoms with van der Waals surface area (Å²) in [5.41, 5.74) is 0.924. The minimum atomic E-state index is -1.03. The van der Waals surface area contributed by atoms with Gasteiger partial charge in [-0.05, 0) is 29.8 Å². The summed E-state index contributed by atoms with van der Waals surface area (Å²) in [6.45, 7) is -0.0402. The summed E-state index contributed by atoms with van der Waals surface area (Å²) in [5.74, 6) is -1.56. The van der Waals surface area contributed by atoms with Crippen molar-refractivity contribution in [1.82, 2.24) is 4.90 Å². The second kappa shape index (κ2) is 6.55. The first-order valence-corrected chi connectivity index (χ1v) is 8.69. The molecule has 1 aromatic heterocycles. The molecule has 136 valence electrons. The van der Waals surface area contributed by atoms with E-state index in [1.807, 2.05) is 0 Å². The van der Waals surface area contributed by atoms with Crippen molar-refractivity contribution in [2.75, 3.05) is 6.54 Å². The molecule has 1 aliphatic rings. The highest BCUT2D eigenvalue weighted by Crippen LogP contribution is 2.38. The third-order valence-corrected chi connectivity index (χ3v) is 4.88. The first-order valence-electron chi connectivity index (χ1n) is 8.31. The Balaban J connectivity index is 1.94. The second-order valence-electron chi connectivity index (χ2n) is 6.27. The van der Waals surface area contributed by atoms with E-state index in [1.54, 1.807) is 48.5 Å². The Hall–Kier alpha value is -3.12. The van der Waals surface area contributed by atoms with Gasteiger partial charge in [-0.1, -0.05) is 35.9 Å². The largest absolute Gasteiger partial charge is 0.481 e. The number of hydrogen-bond acceptors (Lipinski definition) is 4. The zero-order valence-electron chi connectivity index (χ0n) is 14.0. The monoisotopic (exact) mass is 383 g/mol. The van der Waals surface area contributed by atoms with Gasteiger partial charge in [-0.2, -0.15) is 0 Å². The Bertz CT molecular complexity index is 1120. The fraction of sp³-hybridized carbons (Fsp3) is 0.150. The smallest absolute Gasteiger partial charge is 0.305 e. The van der Waals surface area contributed by atoms with Gasteiger partial charge in [0.2, 0.25) is 5.76 Å². The van der Waals surface area contributed by atoms with E-state index >= 15 is 0 Å². The number of hydrogen-bond donors (Lipinski definition) is 1. The maximum atomic E-state index is 13.1. The lowest BCUT2D eigenvalue weighted by molar-refractivity contribution is -0.137. The number of aliphatic carboxylic acids is 1. The van der Waals surface area contributed by atoms with Crippen LogP contribution >= 0.6 is 11.6 Å². The normalized spacial score (nSPS) is 16.0. The fourth-order valence-corrected chi connectivity index (χ4v) is 3.53. The van der Waals surface area contributed by atoms with E-state index in [-0.39, 0.29) is 29.7 Å². The van der Waals surface area contributed by atoms with Crippen LogP contribution in [-0.4, -0.2) is 28.4 Å². The number of carbonyl (C=O) groups is 2. The summed E-state index contributed by atoms with van der Waals surface area (Å²) in [4.78, 5) is 38.5. The first-order chi connectivity index (χ1) is 13.0. The number of fused-ring (bicyclic) bond motifs is 2. The van der Waals surface area contributed by atoms with Crippen molar-refractivity contribution < 1.29 is 19.1 Å². The van der Waals surface area contributed by atoms with Crippen molar-refractivity contribution in [1.29, 1.82) is 0 Å². The Kier molecular flexibility index (Phi) is 4.20. The van der Waals surface area contributed by atoms with Gasteiger partial charge in [0.25, 0.3) is 5.91 Å². The number of para-hydroxylation sites is 1. The molecule has 0 aliphatic carbocycles. The predicted molar refractivity (Wildman–Crippen MR) is 99.1 cm³/mol. The van der Waals surface area contributed by atoms with Crippen molar-refractivity contribution in [2.45, 2.75) is 12.5 Å². The van der Waals surface area contributed by atoms with E-state index in [1.165, 1.54) is 4.90 Å². The zero-order chi connectivity index (χ0) is 19.1. The standard InChI is InChI=1S/C20H14ClNO5/c21-12-7-5-11(6-8-12)17-16-18(25)13-3-1-2-4-14(13)27-19(16)20(26)22(17)10-9-15(23)24/h1-8,17H,9-10H2,(H,23,24)/t17-/m1/s1. The molecule has 0 radical (unpaired) electrons. The lowest BCUT2D eigenvalue weighted by Crippen LogP contribution is -2.31. The average Bonchev–Trinajstić information content (AvgIpc) is 2.93. The highest BCUT2D eigenvalue weighted by molar-refractivity contribution is 6.30. The maximum Gasteiger partial charge on any atom is 0.305 e. The minimum absolute atomic E-state index is 0.0379. The number of carboxylic acids is 1. The van der Waals surface area contributed by atoms with Gasteiger partial charge in [0.15, 0.2) is 5.43 Å². The minimum Gasteiger partial charge on any atom is -0.481 e. The number of amides is 1. The maximum absolute atomic E-state index is 13.1. The molecular formula is C20H14ClNO5. The molecule has 1 aliphatic heterocycles. The quantitative estimate of drug-likeness (QED) is 0.745. The van der Waals surface area contributed by atoms with E-state index in [2.05, 4.69) is 0 Å². The molecule has 0 unspecified atom stereocenters. The van der Waals surface area contributed by atoms with Crippen LogP contribution in [0.1, 0.15) is 34.1 Å². The molecule has 0 bridgehead atoms. The predicted octanol–water partition coefficient (Wildman–Crippen LogP) is 3.47. The Morgan fingerprint density at radius 3 is 2.52 bits per heavy atom. The molecule has 1 atom stereocenters. The average molecular weight is 384 g/mol. The number of benzene rings is 2. The molecule has 1 N–H and O–H groups in total. The van der Waals surface area contributed by atoms with Crippen LogP contribution in [0.15, 0.2) is 57.7 Å². The van der Waals surface area contributed by atoms with Gasteiger partial charge in [0, 0.05) is 11.6 Å². The van der Waals surface area contributed by atoms with Crippen LogP contribution in [0.2, 0.25) is 5.02 Å². The molecule has 2 aromatic carbocycles. The molecule has 0 saturated heterocycles. The number of nitrogens with zero attached hydrogens (tertiary/aromatic N) is 1. The summed E-state index contributed by atoms with van der Waals surface area (Å²) in [7, 11) is 0. The Labute approximate surface area is 158 Å². The molecule has 7 heteroatoms. The lowest BCUT2D eigenvalue weighted by atomic mass is 9.98. The Morgan fingerprint density at radius 1 is 1.11 bits per heavy atom. The molecule has 0 saturated carbocycles. The number of rotatable bonds is 4.